The summed E-state index contributed by atoms with van der Waals surface area (Å²) in [6, 6.07) is 14.2. The number of pyridine rings is 2. The molecule has 1 N–H and O–H groups in total. The van der Waals surface area contributed by atoms with Gasteiger partial charge in [0.05, 0.1) is 23.9 Å². The van der Waals surface area contributed by atoms with Gasteiger partial charge in [-0.3, -0.25) is 24.6 Å². The highest BCUT2D eigenvalue weighted by atomic mass is 16.2. The molecule has 6 nitrogen and oxygen atoms in total. The Morgan fingerprint density at radius 1 is 1.00 bits per heavy atom. The van der Waals surface area contributed by atoms with Crippen molar-refractivity contribution in [2.45, 2.75) is 6.54 Å². The lowest BCUT2D eigenvalue weighted by Crippen LogP contribution is -2.48. The largest absolute Gasteiger partial charge is 0.324 e. The van der Waals surface area contributed by atoms with Crippen LogP contribution in [0, 0.1) is 0 Å². The fourth-order valence-electron chi connectivity index (χ4n) is 3.43. The molecule has 0 unspecified atom stereocenters. The van der Waals surface area contributed by atoms with E-state index in [1.54, 1.807) is 12.4 Å². The van der Waals surface area contributed by atoms with E-state index in [2.05, 4.69) is 49.4 Å². The summed E-state index contributed by atoms with van der Waals surface area (Å²) < 4.78 is 0. The van der Waals surface area contributed by atoms with Gasteiger partial charge in [-0.25, -0.2) is 0 Å². The van der Waals surface area contributed by atoms with E-state index in [-0.39, 0.29) is 5.91 Å². The van der Waals surface area contributed by atoms with Crippen molar-refractivity contribution in [3.63, 3.8) is 0 Å². The lowest BCUT2D eigenvalue weighted by Gasteiger charge is -2.34. The Labute approximate surface area is 158 Å². The Hall–Kier alpha value is -2.83. The minimum Gasteiger partial charge on any atom is -0.324 e. The first-order valence-corrected chi connectivity index (χ1v) is 9.24. The zero-order chi connectivity index (χ0) is 18.5. The van der Waals surface area contributed by atoms with Crippen molar-refractivity contribution >= 4 is 22.5 Å². The quantitative estimate of drug-likeness (QED) is 0.756. The third-order valence-electron chi connectivity index (χ3n) is 4.85. The summed E-state index contributed by atoms with van der Waals surface area (Å²) in [7, 11) is 0. The van der Waals surface area contributed by atoms with Crippen molar-refractivity contribution in [1.82, 2.24) is 19.8 Å². The molecule has 1 amide bonds. The van der Waals surface area contributed by atoms with E-state index >= 15 is 0 Å². The monoisotopic (exact) mass is 361 g/mol. The molecule has 0 atom stereocenters. The molecule has 0 saturated carbocycles. The summed E-state index contributed by atoms with van der Waals surface area (Å²) in [4.78, 5) is 25.2. The molecule has 1 aromatic carbocycles. The fourth-order valence-corrected chi connectivity index (χ4v) is 3.43. The Morgan fingerprint density at radius 3 is 2.63 bits per heavy atom. The third kappa shape index (κ3) is 4.67. The second kappa shape index (κ2) is 8.24. The van der Waals surface area contributed by atoms with Crippen molar-refractivity contribution in [3.8, 4) is 0 Å². The lowest BCUT2D eigenvalue weighted by atomic mass is 10.1. The second-order valence-electron chi connectivity index (χ2n) is 6.87. The van der Waals surface area contributed by atoms with Crippen LogP contribution in [0.2, 0.25) is 0 Å². The molecule has 3 heterocycles. The number of benzene rings is 1. The number of piperazine rings is 1. The number of amides is 1. The molecule has 0 spiro atoms. The van der Waals surface area contributed by atoms with Gasteiger partial charge in [-0.1, -0.05) is 12.1 Å². The van der Waals surface area contributed by atoms with Gasteiger partial charge in [0.25, 0.3) is 0 Å². The van der Waals surface area contributed by atoms with Gasteiger partial charge >= 0.3 is 0 Å². The standard InChI is InChI=1S/C21H23N5O/c27-21(24-19-4-2-7-22-14-19)16-26-11-9-25(10-12-26)15-17-5-6-20-18(13-17)3-1-8-23-20/h1-8,13-14H,9-12,15-16H2,(H,24,27). The van der Waals surface area contributed by atoms with Crippen LogP contribution < -0.4 is 5.32 Å². The molecule has 138 valence electrons. The molecule has 2 aromatic heterocycles. The minimum absolute atomic E-state index is 0.0125. The van der Waals surface area contributed by atoms with Gasteiger partial charge in [-0.2, -0.15) is 0 Å². The first-order chi connectivity index (χ1) is 13.3. The third-order valence-corrected chi connectivity index (χ3v) is 4.85. The molecule has 1 saturated heterocycles. The number of anilines is 1. The van der Waals surface area contributed by atoms with Gasteiger partial charge in [0.2, 0.25) is 5.91 Å². The molecule has 0 radical (unpaired) electrons. The van der Waals surface area contributed by atoms with Crippen molar-refractivity contribution < 1.29 is 4.79 Å². The number of carbonyl (C=O) groups is 1. The van der Waals surface area contributed by atoms with E-state index in [1.165, 1.54) is 10.9 Å². The molecule has 4 rings (SSSR count). The van der Waals surface area contributed by atoms with Crippen molar-refractivity contribution in [2.75, 3.05) is 38.0 Å². The van der Waals surface area contributed by atoms with Crippen LogP contribution in [0.25, 0.3) is 10.9 Å². The molecule has 6 heteroatoms. The number of hydrogen-bond acceptors (Lipinski definition) is 5. The van der Waals surface area contributed by atoms with E-state index in [9.17, 15) is 4.79 Å². The summed E-state index contributed by atoms with van der Waals surface area (Å²) in [6.45, 7) is 5.08. The Kier molecular flexibility index (Phi) is 5.37. The smallest absolute Gasteiger partial charge is 0.238 e. The highest BCUT2D eigenvalue weighted by Crippen LogP contribution is 2.16. The van der Waals surface area contributed by atoms with Crippen LogP contribution in [0.1, 0.15) is 5.56 Å². The average molecular weight is 361 g/mol. The second-order valence-corrected chi connectivity index (χ2v) is 6.87. The van der Waals surface area contributed by atoms with Crippen LogP contribution in [0.3, 0.4) is 0 Å². The number of aromatic nitrogens is 2. The zero-order valence-electron chi connectivity index (χ0n) is 15.2. The number of carbonyl (C=O) groups excluding carboxylic acids is 1. The maximum absolute atomic E-state index is 12.2. The maximum atomic E-state index is 12.2. The minimum atomic E-state index is 0.0125. The van der Waals surface area contributed by atoms with Gasteiger partial charge in [0, 0.05) is 50.5 Å². The van der Waals surface area contributed by atoms with Gasteiger partial charge < -0.3 is 5.32 Å². The van der Waals surface area contributed by atoms with Crippen molar-refractivity contribution in [2.24, 2.45) is 0 Å². The SMILES string of the molecule is O=C(CN1CCN(Cc2ccc3ncccc3c2)CC1)Nc1cccnc1. The average Bonchev–Trinajstić information content (AvgIpc) is 2.70. The molecule has 1 aliphatic rings. The first-order valence-electron chi connectivity index (χ1n) is 9.24. The van der Waals surface area contributed by atoms with Gasteiger partial charge in [-0.05, 0) is 35.9 Å². The molecule has 0 aliphatic carbocycles. The van der Waals surface area contributed by atoms with E-state index in [1.807, 2.05) is 24.4 Å². The van der Waals surface area contributed by atoms with E-state index in [0.29, 0.717) is 6.54 Å². The van der Waals surface area contributed by atoms with Crippen LogP contribution in [0.15, 0.2) is 61.1 Å². The normalized spacial score (nSPS) is 15.7. The topological polar surface area (TPSA) is 61.4 Å². The highest BCUT2D eigenvalue weighted by Gasteiger charge is 2.19. The van der Waals surface area contributed by atoms with Gasteiger partial charge in [0.15, 0.2) is 0 Å². The number of nitrogens with one attached hydrogen (secondary N) is 1. The van der Waals surface area contributed by atoms with Crippen LogP contribution in [0.4, 0.5) is 5.69 Å². The maximum Gasteiger partial charge on any atom is 0.238 e. The fraction of sp³-hybridized carbons (Fsp3) is 0.286. The highest BCUT2D eigenvalue weighted by molar-refractivity contribution is 5.92. The molecule has 3 aromatic rings. The summed E-state index contributed by atoms with van der Waals surface area (Å²) in [5.41, 5.74) is 3.08. The first kappa shape index (κ1) is 17.6. The van der Waals surface area contributed by atoms with Crippen LogP contribution in [0.5, 0.6) is 0 Å². The molecular weight excluding hydrogens is 338 g/mol. The Balaban J connectivity index is 1.26. The van der Waals surface area contributed by atoms with Crippen molar-refractivity contribution in [1.29, 1.82) is 0 Å². The van der Waals surface area contributed by atoms with Gasteiger partial charge in [-0.15, -0.1) is 0 Å². The summed E-state index contributed by atoms with van der Waals surface area (Å²) >= 11 is 0. The Morgan fingerprint density at radius 2 is 1.81 bits per heavy atom. The Bertz CT molecular complexity index is 907. The van der Waals surface area contributed by atoms with E-state index < -0.39 is 0 Å². The predicted molar refractivity (Wildman–Crippen MR) is 106 cm³/mol. The molecule has 1 fully saturated rings. The molecule has 0 bridgehead atoms. The van der Waals surface area contributed by atoms with E-state index in [0.717, 1.165) is 43.9 Å². The number of hydrogen-bond donors (Lipinski definition) is 1. The molecular formula is C21H23N5O. The summed E-state index contributed by atoms with van der Waals surface area (Å²) in [5, 5.41) is 4.08. The van der Waals surface area contributed by atoms with Crippen LogP contribution >= 0.6 is 0 Å². The van der Waals surface area contributed by atoms with Crippen LogP contribution in [-0.4, -0.2) is 58.4 Å². The molecule has 27 heavy (non-hydrogen) atoms. The number of fused-ring (bicyclic) bond motifs is 1. The van der Waals surface area contributed by atoms with Gasteiger partial charge in [0.1, 0.15) is 0 Å². The lowest BCUT2D eigenvalue weighted by molar-refractivity contribution is -0.117. The molecule has 1 aliphatic heterocycles. The van der Waals surface area contributed by atoms with Crippen LogP contribution in [-0.2, 0) is 11.3 Å². The van der Waals surface area contributed by atoms with E-state index in [4.69, 9.17) is 0 Å². The summed E-state index contributed by atoms with van der Waals surface area (Å²) in [5.74, 6) is 0.0125. The van der Waals surface area contributed by atoms with Crippen molar-refractivity contribution in [3.05, 3.63) is 66.6 Å². The number of rotatable bonds is 5. The predicted octanol–water partition coefficient (Wildman–Crippen LogP) is 2.39. The number of nitrogens with zero attached hydrogens (tertiary/aromatic N) is 4. The summed E-state index contributed by atoms with van der Waals surface area (Å²) in [6.07, 6.45) is 5.18. The zero-order valence-corrected chi connectivity index (χ0v) is 15.2.